The van der Waals surface area contributed by atoms with Crippen LogP contribution in [0.25, 0.3) is 0 Å². The zero-order valence-corrected chi connectivity index (χ0v) is 10.6. The SMILES string of the molecule is O=C(O)CCC(=O)NCC(=O)Nc1ccc(F)c(F)c1F. The highest BCUT2D eigenvalue weighted by molar-refractivity contribution is 5.94. The van der Waals surface area contributed by atoms with Crippen LogP contribution in [0, 0.1) is 17.5 Å². The molecular formula is C12H11F3N2O4. The highest BCUT2D eigenvalue weighted by atomic mass is 19.2. The Hall–Kier alpha value is -2.58. The second-order valence-corrected chi connectivity index (χ2v) is 3.94. The van der Waals surface area contributed by atoms with Crippen LogP contribution < -0.4 is 10.6 Å². The second-order valence-electron chi connectivity index (χ2n) is 3.94. The molecule has 0 atom stereocenters. The molecule has 6 nitrogen and oxygen atoms in total. The highest BCUT2D eigenvalue weighted by Gasteiger charge is 2.15. The lowest BCUT2D eigenvalue weighted by Crippen LogP contribution is -2.33. The molecule has 0 fully saturated rings. The first kappa shape index (κ1) is 16.5. The van der Waals surface area contributed by atoms with Crippen LogP contribution in [0.15, 0.2) is 12.1 Å². The minimum absolute atomic E-state index is 0.317. The Morgan fingerprint density at radius 1 is 1.00 bits per heavy atom. The highest BCUT2D eigenvalue weighted by Crippen LogP contribution is 2.19. The first-order valence-electron chi connectivity index (χ1n) is 5.73. The lowest BCUT2D eigenvalue weighted by Gasteiger charge is -2.08. The number of carbonyl (C=O) groups is 3. The van der Waals surface area contributed by atoms with Gasteiger partial charge in [-0.1, -0.05) is 0 Å². The maximum atomic E-state index is 13.2. The van der Waals surface area contributed by atoms with E-state index < -0.39 is 53.9 Å². The average Bonchev–Trinajstić information content (AvgIpc) is 2.43. The quantitative estimate of drug-likeness (QED) is 0.684. The zero-order valence-electron chi connectivity index (χ0n) is 10.6. The third-order valence-electron chi connectivity index (χ3n) is 2.32. The van der Waals surface area contributed by atoms with Crippen molar-refractivity contribution < 1.29 is 32.7 Å². The van der Waals surface area contributed by atoms with Gasteiger partial charge in [0.2, 0.25) is 11.8 Å². The predicted molar refractivity (Wildman–Crippen MR) is 64.8 cm³/mol. The van der Waals surface area contributed by atoms with Gasteiger partial charge in [-0.3, -0.25) is 14.4 Å². The van der Waals surface area contributed by atoms with Gasteiger partial charge < -0.3 is 15.7 Å². The molecule has 1 aromatic carbocycles. The third-order valence-corrected chi connectivity index (χ3v) is 2.32. The van der Waals surface area contributed by atoms with Crippen LogP contribution in [-0.4, -0.2) is 29.4 Å². The number of anilines is 1. The lowest BCUT2D eigenvalue weighted by molar-refractivity contribution is -0.138. The molecule has 9 heteroatoms. The number of carboxylic acid groups (broad SMARTS) is 1. The summed E-state index contributed by atoms with van der Waals surface area (Å²) in [6.45, 7) is -0.559. The first-order chi connectivity index (χ1) is 9.81. The van der Waals surface area contributed by atoms with Crippen LogP contribution >= 0.6 is 0 Å². The Morgan fingerprint density at radius 2 is 1.67 bits per heavy atom. The maximum absolute atomic E-state index is 13.2. The molecule has 0 aliphatic carbocycles. The monoisotopic (exact) mass is 304 g/mol. The first-order valence-corrected chi connectivity index (χ1v) is 5.73. The van der Waals surface area contributed by atoms with Crippen LogP contribution in [0.1, 0.15) is 12.8 Å². The van der Waals surface area contributed by atoms with E-state index >= 15 is 0 Å². The molecule has 0 aromatic heterocycles. The lowest BCUT2D eigenvalue weighted by atomic mass is 10.2. The van der Waals surface area contributed by atoms with Crippen molar-refractivity contribution in [1.29, 1.82) is 0 Å². The minimum atomic E-state index is -1.72. The normalized spacial score (nSPS) is 10.0. The number of carbonyl (C=O) groups excluding carboxylic acids is 2. The second kappa shape index (κ2) is 7.27. The predicted octanol–water partition coefficient (Wildman–Crippen LogP) is 1.02. The molecule has 0 spiro atoms. The Bertz CT molecular complexity index is 578. The topological polar surface area (TPSA) is 95.5 Å². The van der Waals surface area contributed by atoms with Crippen molar-refractivity contribution in [3.05, 3.63) is 29.6 Å². The molecule has 0 aliphatic rings. The fourth-order valence-corrected chi connectivity index (χ4v) is 1.30. The standard InChI is InChI=1S/C12H11F3N2O4/c13-6-1-2-7(12(15)11(6)14)17-9(19)5-16-8(18)3-4-10(20)21/h1-2H,3-5H2,(H,16,18)(H,17,19)(H,20,21). The number of hydrogen-bond acceptors (Lipinski definition) is 3. The van der Waals surface area contributed by atoms with Gasteiger partial charge >= 0.3 is 5.97 Å². The van der Waals surface area contributed by atoms with Crippen molar-refractivity contribution in [2.75, 3.05) is 11.9 Å². The summed E-state index contributed by atoms with van der Waals surface area (Å²) in [5, 5.41) is 12.4. The summed E-state index contributed by atoms with van der Waals surface area (Å²) < 4.78 is 38.8. The van der Waals surface area contributed by atoms with Gasteiger partial charge in [0.25, 0.3) is 0 Å². The van der Waals surface area contributed by atoms with E-state index in [2.05, 4.69) is 5.32 Å². The van der Waals surface area contributed by atoms with Crippen LogP contribution in [-0.2, 0) is 14.4 Å². The van der Waals surface area contributed by atoms with Gasteiger partial charge in [-0.05, 0) is 12.1 Å². The largest absolute Gasteiger partial charge is 0.481 e. The summed E-state index contributed by atoms with van der Waals surface area (Å²) in [5.41, 5.74) is -0.571. The number of rotatable bonds is 6. The number of aliphatic carboxylic acids is 1. The van der Waals surface area contributed by atoms with E-state index in [9.17, 15) is 27.6 Å². The molecule has 3 N–H and O–H groups in total. The number of halogens is 3. The van der Waals surface area contributed by atoms with E-state index in [1.54, 1.807) is 0 Å². The third kappa shape index (κ3) is 5.13. The molecule has 1 aromatic rings. The van der Waals surface area contributed by atoms with Gasteiger partial charge in [-0.15, -0.1) is 0 Å². The number of nitrogens with one attached hydrogen (secondary N) is 2. The summed E-state index contributed by atoms with van der Waals surface area (Å²) in [5.74, 6) is -7.40. The molecule has 0 heterocycles. The van der Waals surface area contributed by atoms with E-state index in [0.29, 0.717) is 6.07 Å². The van der Waals surface area contributed by atoms with Crippen LogP contribution in [0.2, 0.25) is 0 Å². The van der Waals surface area contributed by atoms with E-state index in [-0.39, 0.29) is 6.42 Å². The van der Waals surface area contributed by atoms with Gasteiger partial charge in [0.15, 0.2) is 17.5 Å². The molecule has 0 radical (unpaired) electrons. The molecule has 114 valence electrons. The minimum Gasteiger partial charge on any atom is -0.481 e. The fourth-order valence-electron chi connectivity index (χ4n) is 1.30. The Labute approximate surface area is 116 Å². The smallest absolute Gasteiger partial charge is 0.303 e. The summed E-state index contributed by atoms with van der Waals surface area (Å²) in [7, 11) is 0. The Balaban J connectivity index is 2.49. The van der Waals surface area contributed by atoms with E-state index in [1.165, 1.54) is 0 Å². The van der Waals surface area contributed by atoms with E-state index in [4.69, 9.17) is 5.11 Å². The summed E-state index contributed by atoms with van der Waals surface area (Å²) >= 11 is 0. The summed E-state index contributed by atoms with van der Waals surface area (Å²) in [4.78, 5) is 32.7. The molecule has 0 saturated carbocycles. The van der Waals surface area contributed by atoms with Crippen molar-refractivity contribution in [3.8, 4) is 0 Å². The Kier molecular flexibility index (Phi) is 5.70. The van der Waals surface area contributed by atoms with Gasteiger partial charge in [0, 0.05) is 6.42 Å². The summed E-state index contributed by atoms with van der Waals surface area (Å²) in [6.07, 6.45) is -0.715. The number of benzene rings is 1. The van der Waals surface area contributed by atoms with Crippen LogP contribution in [0.3, 0.4) is 0 Å². The zero-order chi connectivity index (χ0) is 16.0. The van der Waals surface area contributed by atoms with Gasteiger partial charge in [0.1, 0.15) is 0 Å². The van der Waals surface area contributed by atoms with Crippen LogP contribution in [0.5, 0.6) is 0 Å². The number of amides is 2. The number of hydrogen-bond donors (Lipinski definition) is 3. The number of carboxylic acids is 1. The van der Waals surface area contributed by atoms with Crippen LogP contribution in [0.4, 0.5) is 18.9 Å². The van der Waals surface area contributed by atoms with Crippen molar-refractivity contribution >= 4 is 23.5 Å². The molecule has 0 bridgehead atoms. The van der Waals surface area contributed by atoms with Crippen molar-refractivity contribution in [1.82, 2.24) is 5.32 Å². The molecular weight excluding hydrogens is 293 g/mol. The van der Waals surface area contributed by atoms with Crippen molar-refractivity contribution in [2.45, 2.75) is 12.8 Å². The van der Waals surface area contributed by atoms with E-state index in [1.807, 2.05) is 5.32 Å². The summed E-state index contributed by atoms with van der Waals surface area (Å²) in [6, 6.07) is 1.47. The molecule has 0 aliphatic heterocycles. The average molecular weight is 304 g/mol. The molecule has 0 unspecified atom stereocenters. The molecule has 0 saturated heterocycles. The maximum Gasteiger partial charge on any atom is 0.303 e. The molecule has 2 amide bonds. The van der Waals surface area contributed by atoms with Crippen molar-refractivity contribution in [2.24, 2.45) is 0 Å². The van der Waals surface area contributed by atoms with Gasteiger partial charge in [-0.25, -0.2) is 13.2 Å². The fraction of sp³-hybridized carbons (Fsp3) is 0.250. The van der Waals surface area contributed by atoms with Gasteiger partial charge in [0.05, 0.1) is 18.7 Å². The van der Waals surface area contributed by atoms with Crippen molar-refractivity contribution in [3.63, 3.8) is 0 Å². The molecule has 21 heavy (non-hydrogen) atoms. The van der Waals surface area contributed by atoms with E-state index in [0.717, 1.165) is 6.07 Å². The van der Waals surface area contributed by atoms with Gasteiger partial charge in [-0.2, -0.15) is 0 Å². The Morgan fingerprint density at radius 3 is 2.29 bits per heavy atom. The molecule has 1 rings (SSSR count).